The molecule has 0 aliphatic rings. The highest BCUT2D eigenvalue weighted by Crippen LogP contribution is 2.20. The minimum atomic E-state index is -0.926. The van der Waals surface area contributed by atoms with Crippen molar-refractivity contribution in [3.63, 3.8) is 0 Å². The minimum absolute atomic E-state index is 0.244. The first kappa shape index (κ1) is 16.8. The molecule has 0 aliphatic carbocycles. The van der Waals surface area contributed by atoms with Gasteiger partial charge >= 0.3 is 5.97 Å². The van der Waals surface area contributed by atoms with Gasteiger partial charge in [0, 0.05) is 12.7 Å². The fraction of sp³-hybridized carbons (Fsp3) is 0.176. The number of amides is 1. The molecule has 0 fully saturated rings. The predicted molar refractivity (Wildman–Crippen MR) is 90.6 cm³/mol. The zero-order valence-electron chi connectivity index (χ0n) is 12.8. The van der Waals surface area contributed by atoms with Gasteiger partial charge < -0.3 is 15.4 Å². The number of carbonyl (C=O) groups excluding carboxylic acids is 2. The summed E-state index contributed by atoms with van der Waals surface area (Å²) in [6.07, 6.45) is -0.926. The number of nitrogen functional groups attached to an aromatic ring is 1. The Balaban J connectivity index is 2.05. The van der Waals surface area contributed by atoms with Crippen LogP contribution in [0.2, 0.25) is 5.02 Å². The Morgan fingerprint density at radius 3 is 2.43 bits per heavy atom. The van der Waals surface area contributed by atoms with Gasteiger partial charge in [0.2, 0.25) is 0 Å². The number of anilines is 2. The molecule has 1 amide bonds. The molecule has 0 spiro atoms. The van der Waals surface area contributed by atoms with Gasteiger partial charge in [-0.25, -0.2) is 4.79 Å². The Kier molecular flexibility index (Phi) is 5.24. The third kappa shape index (κ3) is 4.02. The van der Waals surface area contributed by atoms with Crippen LogP contribution in [0, 0.1) is 0 Å². The zero-order valence-corrected chi connectivity index (χ0v) is 13.6. The van der Waals surface area contributed by atoms with E-state index in [1.165, 1.54) is 30.0 Å². The summed E-state index contributed by atoms with van der Waals surface area (Å²) in [5.74, 6) is -0.956. The topological polar surface area (TPSA) is 72.6 Å². The molecular formula is C17H17ClN2O3. The van der Waals surface area contributed by atoms with E-state index in [1.54, 1.807) is 19.2 Å². The number of rotatable bonds is 4. The Bertz CT molecular complexity index is 719. The summed E-state index contributed by atoms with van der Waals surface area (Å²) >= 11 is 5.81. The number of para-hydroxylation sites is 1. The first-order valence-corrected chi connectivity index (χ1v) is 7.36. The number of nitrogens with zero attached hydrogens (tertiary/aromatic N) is 1. The maximum absolute atomic E-state index is 12.3. The molecule has 0 radical (unpaired) electrons. The van der Waals surface area contributed by atoms with E-state index in [0.29, 0.717) is 5.02 Å². The summed E-state index contributed by atoms with van der Waals surface area (Å²) in [5.41, 5.74) is 6.90. The van der Waals surface area contributed by atoms with E-state index in [1.807, 2.05) is 18.2 Å². The van der Waals surface area contributed by atoms with Gasteiger partial charge in [-0.2, -0.15) is 0 Å². The smallest absolute Gasteiger partial charge is 0.338 e. The van der Waals surface area contributed by atoms with Crippen LogP contribution in [-0.2, 0) is 9.53 Å². The van der Waals surface area contributed by atoms with E-state index in [2.05, 4.69) is 0 Å². The number of carbonyl (C=O) groups is 2. The zero-order chi connectivity index (χ0) is 17.0. The molecule has 6 heteroatoms. The standard InChI is InChI=1S/C17H17ClN2O3/c1-11(16(21)20(2)13-6-4-3-5-7-13)23-17(22)12-8-9-14(18)15(19)10-12/h3-11H,19H2,1-2H3/t11-/m0/s1. The molecule has 2 aromatic carbocycles. The Morgan fingerprint density at radius 2 is 1.83 bits per heavy atom. The Hall–Kier alpha value is -2.53. The maximum Gasteiger partial charge on any atom is 0.338 e. The maximum atomic E-state index is 12.3. The van der Waals surface area contributed by atoms with Crippen LogP contribution in [0.3, 0.4) is 0 Å². The van der Waals surface area contributed by atoms with Gasteiger partial charge in [0.1, 0.15) is 0 Å². The highest BCUT2D eigenvalue weighted by molar-refractivity contribution is 6.33. The van der Waals surface area contributed by atoms with Crippen LogP contribution < -0.4 is 10.6 Å². The van der Waals surface area contributed by atoms with Crippen LogP contribution in [0.15, 0.2) is 48.5 Å². The van der Waals surface area contributed by atoms with Crippen molar-refractivity contribution < 1.29 is 14.3 Å². The number of nitrogens with two attached hydrogens (primary N) is 1. The molecule has 0 aromatic heterocycles. The lowest BCUT2D eigenvalue weighted by Crippen LogP contribution is -2.37. The summed E-state index contributed by atoms with van der Waals surface area (Å²) in [4.78, 5) is 25.9. The third-order valence-electron chi connectivity index (χ3n) is 3.34. The number of hydrogen-bond acceptors (Lipinski definition) is 4. The van der Waals surface area contributed by atoms with Crippen molar-refractivity contribution in [1.82, 2.24) is 0 Å². The molecule has 120 valence electrons. The molecule has 23 heavy (non-hydrogen) atoms. The number of benzene rings is 2. The molecule has 0 bridgehead atoms. The summed E-state index contributed by atoms with van der Waals surface area (Å²) in [7, 11) is 1.63. The van der Waals surface area contributed by atoms with Gasteiger partial charge in [0.15, 0.2) is 6.10 Å². The summed E-state index contributed by atoms with van der Waals surface area (Å²) in [6.45, 7) is 1.53. The largest absolute Gasteiger partial charge is 0.449 e. The molecule has 0 unspecified atom stereocenters. The van der Waals surface area contributed by atoms with Crippen molar-refractivity contribution in [2.45, 2.75) is 13.0 Å². The third-order valence-corrected chi connectivity index (χ3v) is 3.68. The molecule has 1 atom stereocenters. The number of likely N-dealkylation sites (N-methyl/N-ethyl adjacent to an activating group) is 1. The molecule has 0 saturated carbocycles. The monoisotopic (exact) mass is 332 g/mol. The number of halogens is 1. The van der Waals surface area contributed by atoms with Crippen LogP contribution in [0.4, 0.5) is 11.4 Å². The number of ether oxygens (including phenoxy) is 1. The van der Waals surface area contributed by atoms with Crippen LogP contribution in [0.5, 0.6) is 0 Å². The Morgan fingerprint density at radius 1 is 1.17 bits per heavy atom. The molecule has 2 N–H and O–H groups in total. The van der Waals surface area contributed by atoms with Gasteiger partial charge in [-0.3, -0.25) is 4.79 Å². The van der Waals surface area contributed by atoms with Crippen molar-refractivity contribution in [2.75, 3.05) is 17.7 Å². The Labute approximate surface area is 139 Å². The van der Waals surface area contributed by atoms with Gasteiger partial charge in [-0.1, -0.05) is 29.8 Å². The molecule has 5 nitrogen and oxygen atoms in total. The van der Waals surface area contributed by atoms with Crippen molar-refractivity contribution in [3.8, 4) is 0 Å². The fourth-order valence-electron chi connectivity index (χ4n) is 2.00. The summed E-state index contributed by atoms with van der Waals surface area (Å²) < 4.78 is 5.21. The van der Waals surface area contributed by atoms with Crippen LogP contribution >= 0.6 is 11.6 Å². The van der Waals surface area contributed by atoms with Crippen molar-refractivity contribution in [3.05, 3.63) is 59.1 Å². The van der Waals surface area contributed by atoms with E-state index in [4.69, 9.17) is 22.1 Å². The van der Waals surface area contributed by atoms with Gasteiger partial charge in [0.05, 0.1) is 16.3 Å². The second-order valence-corrected chi connectivity index (χ2v) is 5.42. The van der Waals surface area contributed by atoms with Crippen LogP contribution in [0.1, 0.15) is 17.3 Å². The molecular weight excluding hydrogens is 316 g/mol. The van der Waals surface area contributed by atoms with Crippen molar-refractivity contribution in [2.24, 2.45) is 0 Å². The average Bonchev–Trinajstić information content (AvgIpc) is 2.56. The van der Waals surface area contributed by atoms with Gasteiger partial charge in [-0.05, 0) is 37.3 Å². The lowest BCUT2D eigenvalue weighted by molar-refractivity contribution is -0.126. The molecule has 2 aromatic rings. The van der Waals surface area contributed by atoms with E-state index < -0.39 is 12.1 Å². The highest BCUT2D eigenvalue weighted by atomic mass is 35.5. The second kappa shape index (κ2) is 7.15. The molecule has 2 rings (SSSR count). The van der Waals surface area contributed by atoms with E-state index in [0.717, 1.165) is 5.69 Å². The SMILES string of the molecule is C[C@H](OC(=O)c1ccc(Cl)c(N)c1)C(=O)N(C)c1ccccc1. The average molecular weight is 333 g/mol. The van der Waals surface area contributed by atoms with E-state index in [-0.39, 0.29) is 17.2 Å². The van der Waals surface area contributed by atoms with E-state index >= 15 is 0 Å². The van der Waals surface area contributed by atoms with Crippen molar-refractivity contribution >= 4 is 34.9 Å². The van der Waals surface area contributed by atoms with Gasteiger partial charge in [-0.15, -0.1) is 0 Å². The van der Waals surface area contributed by atoms with Crippen molar-refractivity contribution in [1.29, 1.82) is 0 Å². The molecule has 0 heterocycles. The van der Waals surface area contributed by atoms with Crippen LogP contribution in [0.25, 0.3) is 0 Å². The number of hydrogen-bond donors (Lipinski definition) is 1. The van der Waals surface area contributed by atoms with Gasteiger partial charge in [0.25, 0.3) is 5.91 Å². The van der Waals surface area contributed by atoms with E-state index in [9.17, 15) is 9.59 Å². The lowest BCUT2D eigenvalue weighted by Gasteiger charge is -2.21. The summed E-state index contributed by atoms with van der Waals surface area (Å²) in [5, 5.41) is 0.356. The first-order valence-electron chi connectivity index (χ1n) is 6.98. The van der Waals surface area contributed by atoms with Crippen LogP contribution in [-0.4, -0.2) is 25.0 Å². The lowest BCUT2D eigenvalue weighted by atomic mass is 10.2. The second-order valence-electron chi connectivity index (χ2n) is 5.02. The first-order chi connectivity index (χ1) is 10.9. The molecule has 0 aliphatic heterocycles. The normalized spacial score (nSPS) is 11.6. The molecule has 0 saturated heterocycles. The summed E-state index contributed by atoms with van der Waals surface area (Å²) in [6, 6.07) is 13.5. The fourth-order valence-corrected chi connectivity index (χ4v) is 2.12. The predicted octanol–water partition coefficient (Wildman–Crippen LogP) is 3.13. The highest BCUT2D eigenvalue weighted by Gasteiger charge is 2.23. The quantitative estimate of drug-likeness (QED) is 0.689. The minimum Gasteiger partial charge on any atom is -0.449 e. The number of esters is 1.